The Bertz CT molecular complexity index is 1030. The molecule has 1 fully saturated rings. The minimum atomic E-state index is -4.48. The van der Waals surface area contributed by atoms with Crippen LogP contribution in [0.2, 0.25) is 0 Å². The van der Waals surface area contributed by atoms with E-state index in [9.17, 15) is 18.0 Å². The van der Waals surface area contributed by atoms with Gasteiger partial charge in [0.2, 0.25) is 5.91 Å². The standard InChI is InChI=1S/C22H24F3N5O/c23-22(24,25)16-10-12-19-28-29-20(30(19)14-16)17(11-9-15-6-2-1-3-7-15)27-21(31)18-8-4-5-13-26-18/h1-3,6-7,10,12,14,17-18,26H,4-5,8-9,11,13H2,(H,27,31)/t17-,18?/m1/s1. The summed E-state index contributed by atoms with van der Waals surface area (Å²) in [6, 6.07) is 11.1. The summed E-state index contributed by atoms with van der Waals surface area (Å²) in [5, 5.41) is 14.4. The van der Waals surface area contributed by atoms with Gasteiger partial charge in [0.15, 0.2) is 11.5 Å². The lowest BCUT2D eigenvalue weighted by atomic mass is 10.0. The van der Waals surface area contributed by atoms with Crippen LogP contribution in [0, 0.1) is 0 Å². The molecule has 3 heterocycles. The molecule has 0 aliphatic carbocycles. The molecule has 6 nitrogen and oxygen atoms in total. The summed E-state index contributed by atoms with van der Waals surface area (Å²) in [5.41, 5.74) is 0.586. The molecule has 2 N–H and O–H groups in total. The minimum absolute atomic E-state index is 0.165. The highest BCUT2D eigenvalue weighted by molar-refractivity contribution is 5.82. The number of aromatic nitrogens is 3. The van der Waals surface area contributed by atoms with Crippen LogP contribution >= 0.6 is 0 Å². The quantitative estimate of drug-likeness (QED) is 0.625. The number of carbonyl (C=O) groups is 1. The maximum atomic E-state index is 13.2. The van der Waals surface area contributed by atoms with Crippen molar-refractivity contribution < 1.29 is 18.0 Å². The summed E-state index contributed by atoms with van der Waals surface area (Å²) in [4.78, 5) is 12.9. The highest BCUT2D eigenvalue weighted by Gasteiger charge is 2.32. The summed E-state index contributed by atoms with van der Waals surface area (Å²) in [7, 11) is 0. The SMILES string of the molecule is O=C(N[C@H](CCc1ccccc1)c1nnc2ccc(C(F)(F)F)cn12)C1CCCCN1. The topological polar surface area (TPSA) is 71.3 Å². The number of hydrogen-bond donors (Lipinski definition) is 2. The smallest absolute Gasteiger partial charge is 0.345 e. The predicted molar refractivity (Wildman–Crippen MR) is 109 cm³/mol. The van der Waals surface area contributed by atoms with E-state index < -0.39 is 17.8 Å². The Morgan fingerprint density at radius 2 is 1.97 bits per heavy atom. The fraction of sp³-hybridized carbons (Fsp3) is 0.409. The van der Waals surface area contributed by atoms with E-state index in [0.29, 0.717) is 24.3 Å². The lowest BCUT2D eigenvalue weighted by molar-refractivity contribution is -0.138. The highest BCUT2D eigenvalue weighted by atomic mass is 19.4. The van der Waals surface area contributed by atoms with Crippen LogP contribution in [0.1, 0.15) is 48.7 Å². The lowest BCUT2D eigenvalue weighted by Crippen LogP contribution is -2.47. The van der Waals surface area contributed by atoms with Gasteiger partial charge in [-0.25, -0.2) is 0 Å². The van der Waals surface area contributed by atoms with E-state index in [-0.39, 0.29) is 11.9 Å². The highest BCUT2D eigenvalue weighted by Crippen LogP contribution is 2.30. The van der Waals surface area contributed by atoms with E-state index >= 15 is 0 Å². The Morgan fingerprint density at radius 1 is 1.16 bits per heavy atom. The number of amides is 1. The van der Waals surface area contributed by atoms with Gasteiger partial charge in [0, 0.05) is 6.20 Å². The van der Waals surface area contributed by atoms with Crippen molar-refractivity contribution >= 4 is 11.6 Å². The molecule has 3 aromatic rings. The number of carbonyl (C=O) groups excluding carboxylic acids is 1. The van der Waals surface area contributed by atoms with E-state index in [0.717, 1.165) is 43.6 Å². The van der Waals surface area contributed by atoms with E-state index in [1.54, 1.807) is 0 Å². The zero-order chi connectivity index (χ0) is 21.8. The normalized spacial score (nSPS) is 18.1. The van der Waals surface area contributed by atoms with E-state index in [2.05, 4.69) is 20.8 Å². The van der Waals surface area contributed by atoms with Crippen molar-refractivity contribution in [3.63, 3.8) is 0 Å². The van der Waals surface area contributed by atoms with Crippen LogP contribution in [0.3, 0.4) is 0 Å². The second-order valence-electron chi connectivity index (χ2n) is 7.79. The van der Waals surface area contributed by atoms with Crippen LogP contribution in [0.5, 0.6) is 0 Å². The first-order valence-electron chi connectivity index (χ1n) is 10.4. The van der Waals surface area contributed by atoms with Crippen molar-refractivity contribution in [1.29, 1.82) is 0 Å². The molecule has 1 aliphatic rings. The summed E-state index contributed by atoms with van der Waals surface area (Å²) >= 11 is 0. The molecule has 1 aliphatic heterocycles. The molecule has 0 saturated carbocycles. The molecular formula is C22H24F3N5O. The third kappa shape index (κ3) is 5.04. The van der Waals surface area contributed by atoms with Crippen molar-refractivity contribution in [3.05, 3.63) is 65.6 Å². The van der Waals surface area contributed by atoms with Gasteiger partial charge in [0.25, 0.3) is 0 Å². The third-order valence-corrected chi connectivity index (χ3v) is 5.58. The molecule has 1 aromatic carbocycles. The number of halogens is 3. The molecule has 2 atom stereocenters. The fourth-order valence-corrected chi connectivity index (χ4v) is 3.88. The van der Waals surface area contributed by atoms with E-state index in [4.69, 9.17) is 0 Å². The minimum Gasteiger partial charge on any atom is -0.345 e. The Kier molecular flexibility index (Phi) is 6.22. The number of nitrogens with one attached hydrogen (secondary N) is 2. The van der Waals surface area contributed by atoms with Gasteiger partial charge in [-0.3, -0.25) is 9.20 Å². The van der Waals surface area contributed by atoms with Gasteiger partial charge >= 0.3 is 6.18 Å². The summed E-state index contributed by atoms with van der Waals surface area (Å²) in [6.45, 7) is 0.773. The number of alkyl halides is 3. The van der Waals surface area contributed by atoms with Crippen molar-refractivity contribution in [2.75, 3.05) is 6.54 Å². The van der Waals surface area contributed by atoms with Crippen molar-refractivity contribution in [3.8, 4) is 0 Å². The fourth-order valence-electron chi connectivity index (χ4n) is 3.88. The Balaban J connectivity index is 1.63. The monoisotopic (exact) mass is 431 g/mol. The van der Waals surface area contributed by atoms with Gasteiger partial charge in [-0.2, -0.15) is 13.2 Å². The molecule has 1 amide bonds. The van der Waals surface area contributed by atoms with Crippen molar-refractivity contribution in [1.82, 2.24) is 25.2 Å². The maximum Gasteiger partial charge on any atom is 0.417 e. The number of fused-ring (bicyclic) bond motifs is 1. The number of aryl methyl sites for hydroxylation is 1. The molecule has 9 heteroatoms. The molecule has 0 radical (unpaired) electrons. The molecule has 0 bridgehead atoms. The maximum absolute atomic E-state index is 13.2. The first kappa shape index (κ1) is 21.3. The Morgan fingerprint density at radius 3 is 2.68 bits per heavy atom. The van der Waals surface area contributed by atoms with Crippen LogP contribution < -0.4 is 10.6 Å². The largest absolute Gasteiger partial charge is 0.417 e. The van der Waals surface area contributed by atoms with E-state index in [1.807, 2.05) is 30.3 Å². The molecule has 1 unspecified atom stereocenters. The van der Waals surface area contributed by atoms with Crippen LogP contribution in [0.25, 0.3) is 5.65 Å². The number of rotatable bonds is 6. The molecular weight excluding hydrogens is 407 g/mol. The van der Waals surface area contributed by atoms with Gasteiger partial charge in [-0.15, -0.1) is 10.2 Å². The van der Waals surface area contributed by atoms with E-state index in [1.165, 1.54) is 10.5 Å². The van der Waals surface area contributed by atoms with Crippen LogP contribution in [-0.4, -0.2) is 33.1 Å². The van der Waals surface area contributed by atoms with Gasteiger partial charge < -0.3 is 10.6 Å². The number of pyridine rings is 1. The van der Waals surface area contributed by atoms with Gasteiger partial charge in [-0.05, 0) is 49.9 Å². The second-order valence-corrected chi connectivity index (χ2v) is 7.79. The second kappa shape index (κ2) is 9.05. The number of piperidine rings is 1. The van der Waals surface area contributed by atoms with Crippen LogP contribution in [0.15, 0.2) is 48.7 Å². The number of benzene rings is 1. The van der Waals surface area contributed by atoms with Crippen LogP contribution in [0.4, 0.5) is 13.2 Å². The molecule has 4 rings (SSSR count). The molecule has 1 saturated heterocycles. The average molecular weight is 431 g/mol. The van der Waals surface area contributed by atoms with Crippen molar-refractivity contribution in [2.24, 2.45) is 0 Å². The van der Waals surface area contributed by atoms with Crippen molar-refractivity contribution in [2.45, 2.75) is 50.4 Å². The Labute approximate surface area is 177 Å². The average Bonchev–Trinajstić information content (AvgIpc) is 3.20. The molecule has 0 spiro atoms. The van der Waals surface area contributed by atoms with Gasteiger partial charge in [0.05, 0.1) is 17.6 Å². The first-order valence-corrected chi connectivity index (χ1v) is 10.4. The summed E-state index contributed by atoms with van der Waals surface area (Å²) < 4.78 is 41.1. The summed E-state index contributed by atoms with van der Waals surface area (Å²) in [6.07, 6.45) is 0.349. The van der Waals surface area contributed by atoms with Crippen LogP contribution in [-0.2, 0) is 17.4 Å². The number of nitrogens with zero attached hydrogens (tertiary/aromatic N) is 3. The predicted octanol–water partition coefficient (Wildman–Crippen LogP) is 3.68. The zero-order valence-corrected chi connectivity index (χ0v) is 16.9. The molecule has 164 valence electrons. The number of hydrogen-bond acceptors (Lipinski definition) is 4. The lowest BCUT2D eigenvalue weighted by Gasteiger charge is -2.25. The zero-order valence-electron chi connectivity index (χ0n) is 16.9. The Hall–Kier alpha value is -2.94. The van der Waals surface area contributed by atoms with Gasteiger partial charge in [0.1, 0.15) is 0 Å². The molecule has 2 aromatic heterocycles. The summed E-state index contributed by atoms with van der Waals surface area (Å²) in [5.74, 6) is 0.127. The first-order chi connectivity index (χ1) is 14.9. The molecule has 31 heavy (non-hydrogen) atoms. The third-order valence-electron chi connectivity index (χ3n) is 5.58. The van der Waals surface area contributed by atoms with Gasteiger partial charge in [-0.1, -0.05) is 36.8 Å².